The summed E-state index contributed by atoms with van der Waals surface area (Å²) in [5.41, 5.74) is -3.46. The van der Waals surface area contributed by atoms with Crippen LogP contribution in [-0.2, 0) is 4.74 Å². The van der Waals surface area contributed by atoms with Crippen molar-refractivity contribution in [2.24, 2.45) is 5.10 Å². The minimum Gasteiger partial charge on any atom is -0.465 e. The van der Waals surface area contributed by atoms with Gasteiger partial charge in [-0.25, -0.2) is 9.78 Å². The van der Waals surface area contributed by atoms with Gasteiger partial charge < -0.3 is 14.3 Å². The van der Waals surface area contributed by atoms with Gasteiger partial charge in [0.25, 0.3) is 5.72 Å². The van der Waals surface area contributed by atoms with Gasteiger partial charge in [-0.15, -0.1) is 11.3 Å². The summed E-state index contributed by atoms with van der Waals surface area (Å²) in [6.45, 7) is 1.69. The molecule has 1 atom stereocenters. The summed E-state index contributed by atoms with van der Waals surface area (Å²) in [5, 5.41) is 15.5. The molecule has 1 aliphatic rings. The van der Waals surface area contributed by atoms with Crippen LogP contribution in [0.4, 0.5) is 18.3 Å². The predicted molar refractivity (Wildman–Crippen MR) is 91.3 cm³/mol. The number of hydrazone groups is 1. The van der Waals surface area contributed by atoms with Crippen molar-refractivity contribution in [3.63, 3.8) is 0 Å². The van der Waals surface area contributed by atoms with Crippen LogP contribution in [0.1, 0.15) is 29.6 Å². The molecule has 0 radical (unpaired) electrons. The SMILES string of the molecule is CCOC(=O)c1csc(N2N=C(C=Cc3ccco3)CC2(O)C(F)(F)F)n1. The standard InChI is InChI=1S/C16H14F3N3O4S/c1-2-25-13(23)12-9-27-14(20-12)22-15(24,16(17,18)19)8-10(21-22)5-6-11-4-3-7-26-11/h3-7,9,24H,2,8H2,1H3. The molecule has 1 aliphatic heterocycles. The second kappa shape index (κ2) is 7.16. The maximum Gasteiger partial charge on any atom is 0.438 e. The Bertz CT molecular complexity index is 876. The zero-order valence-electron chi connectivity index (χ0n) is 13.9. The van der Waals surface area contributed by atoms with Crippen LogP contribution in [-0.4, -0.2) is 40.3 Å². The molecule has 3 heterocycles. The average molecular weight is 401 g/mol. The minimum atomic E-state index is -5.01. The van der Waals surface area contributed by atoms with Gasteiger partial charge in [-0.05, 0) is 31.2 Å². The van der Waals surface area contributed by atoms with E-state index in [0.717, 1.165) is 11.3 Å². The Morgan fingerprint density at radius 3 is 2.93 bits per heavy atom. The van der Waals surface area contributed by atoms with Gasteiger partial charge in [0.15, 0.2) is 5.69 Å². The molecule has 0 aliphatic carbocycles. The average Bonchev–Trinajstić information content (AvgIpc) is 3.32. The molecule has 0 aromatic carbocycles. The highest BCUT2D eigenvalue weighted by atomic mass is 32.1. The molecule has 0 saturated heterocycles. The number of ether oxygens (including phenoxy) is 1. The number of nitrogens with zero attached hydrogens (tertiary/aromatic N) is 3. The van der Waals surface area contributed by atoms with Crippen molar-refractivity contribution in [3.05, 3.63) is 41.3 Å². The normalized spacial score (nSPS) is 20.3. The lowest BCUT2D eigenvalue weighted by molar-refractivity contribution is -0.254. The fourth-order valence-electron chi connectivity index (χ4n) is 2.31. The summed E-state index contributed by atoms with van der Waals surface area (Å²) in [4.78, 5) is 15.5. The van der Waals surface area contributed by atoms with E-state index in [1.165, 1.54) is 23.8 Å². The van der Waals surface area contributed by atoms with Crippen LogP contribution in [0.25, 0.3) is 6.08 Å². The van der Waals surface area contributed by atoms with Gasteiger partial charge in [-0.1, -0.05) is 0 Å². The lowest BCUT2D eigenvalue weighted by Crippen LogP contribution is -2.55. The van der Waals surface area contributed by atoms with Crippen molar-refractivity contribution in [1.82, 2.24) is 4.98 Å². The number of hydrogen-bond donors (Lipinski definition) is 1. The van der Waals surface area contributed by atoms with Gasteiger partial charge in [0.05, 0.1) is 25.0 Å². The van der Waals surface area contributed by atoms with Gasteiger partial charge in [0.2, 0.25) is 5.13 Å². The van der Waals surface area contributed by atoms with Crippen LogP contribution < -0.4 is 5.01 Å². The van der Waals surface area contributed by atoms with E-state index >= 15 is 0 Å². The molecule has 0 saturated carbocycles. The first-order valence-corrected chi connectivity index (χ1v) is 8.63. The van der Waals surface area contributed by atoms with Crippen molar-refractivity contribution in [1.29, 1.82) is 0 Å². The van der Waals surface area contributed by atoms with Gasteiger partial charge in [-0.2, -0.15) is 23.3 Å². The number of esters is 1. The maximum atomic E-state index is 13.5. The van der Waals surface area contributed by atoms with Crippen LogP contribution >= 0.6 is 11.3 Å². The van der Waals surface area contributed by atoms with Crippen molar-refractivity contribution in [2.75, 3.05) is 11.6 Å². The first-order valence-electron chi connectivity index (χ1n) is 7.75. The lowest BCUT2D eigenvalue weighted by atomic mass is 10.1. The van der Waals surface area contributed by atoms with Crippen LogP contribution in [0, 0.1) is 0 Å². The molecule has 2 aromatic heterocycles. The Morgan fingerprint density at radius 2 is 2.30 bits per heavy atom. The van der Waals surface area contributed by atoms with E-state index in [-0.39, 0.29) is 23.1 Å². The topological polar surface area (TPSA) is 88.2 Å². The summed E-state index contributed by atoms with van der Waals surface area (Å²) in [6.07, 6.45) is -1.64. The second-order valence-corrected chi connectivity index (χ2v) is 6.32. The number of thiazole rings is 1. The number of alkyl halides is 3. The summed E-state index contributed by atoms with van der Waals surface area (Å²) in [7, 11) is 0. The molecule has 0 fully saturated rings. The summed E-state index contributed by atoms with van der Waals surface area (Å²) >= 11 is 0.742. The smallest absolute Gasteiger partial charge is 0.438 e. The van der Waals surface area contributed by atoms with E-state index in [1.807, 2.05) is 0 Å². The number of rotatable bonds is 5. The van der Waals surface area contributed by atoms with E-state index in [4.69, 9.17) is 9.15 Å². The molecule has 7 nitrogen and oxygen atoms in total. The zero-order valence-corrected chi connectivity index (χ0v) is 14.8. The molecular weight excluding hydrogens is 387 g/mol. The van der Waals surface area contributed by atoms with E-state index < -0.39 is 24.3 Å². The molecule has 0 amide bonds. The van der Waals surface area contributed by atoms with E-state index in [9.17, 15) is 23.1 Å². The molecule has 2 aromatic rings. The fourth-order valence-corrected chi connectivity index (χ4v) is 3.12. The van der Waals surface area contributed by atoms with Gasteiger partial charge in [-0.3, -0.25) is 0 Å². The summed E-state index contributed by atoms with van der Waals surface area (Å²) in [6, 6.07) is 3.24. The molecule has 3 rings (SSSR count). The lowest BCUT2D eigenvalue weighted by Gasteiger charge is -2.32. The third kappa shape index (κ3) is 3.74. The predicted octanol–water partition coefficient (Wildman–Crippen LogP) is 3.44. The number of carbonyl (C=O) groups is 1. The Labute approximate surface area is 155 Å². The third-order valence-corrected chi connectivity index (χ3v) is 4.42. The highest BCUT2D eigenvalue weighted by molar-refractivity contribution is 7.14. The number of carbonyl (C=O) groups excluding carboxylic acids is 1. The molecule has 11 heteroatoms. The van der Waals surface area contributed by atoms with E-state index in [2.05, 4.69) is 10.1 Å². The van der Waals surface area contributed by atoms with Crippen molar-refractivity contribution < 1.29 is 32.2 Å². The van der Waals surface area contributed by atoms with E-state index in [0.29, 0.717) is 10.8 Å². The molecular formula is C16H14F3N3O4S. The second-order valence-electron chi connectivity index (χ2n) is 5.48. The number of aromatic nitrogens is 1. The van der Waals surface area contributed by atoms with Gasteiger partial charge in [0.1, 0.15) is 5.76 Å². The number of halogens is 3. The molecule has 1 unspecified atom stereocenters. The fraction of sp³-hybridized carbons (Fsp3) is 0.312. The van der Waals surface area contributed by atoms with Crippen LogP contribution in [0.3, 0.4) is 0 Å². The quantitative estimate of drug-likeness (QED) is 0.773. The van der Waals surface area contributed by atoms with Gasteiger partial charge in [0, 0.05) is 5.38 Å². The number of hydrogen-bond acceptors (Lipinski definition) is 8. The number of anilines is 1. The Morgan fingerprint density at radius 1 is 1.52 bits per heavy atom. The third-order valence-electron chi connectivity index (χ3n) is 3.60. The van der Waals surface area contributed by atoms with Crippen molar-refractivity contribution >= 4 is 34.2 Å². The Kier molecular flexibility index (Phi) is 5.07. The van der Waals surface area contributed by atoms with E-state index in [1.54, 1.807) is 19.1 Å². The monoisotopic (exact) mass is 401 g/mol. The summed E-state index contributed by atoms with van der Waals surface area (Å²) in [5.74, 6) is -0.345. The van der Waals surface area contributed by atoms with Crippen molar-refractivity contribution in [3.8, 4) is 0 Å². The summed E-state index contributed by atoms with van der Waals surface area (Å²) < 4.78 is 50.4. The Hall–Kier alpha value is -2.66. The first-order chi connectivity index (χ1) is 12.7. The highest BCUT2D eigenvalue weighted by Gasteiger charge is 2.62. The minimum absolute atomic E-state index is 0.0286. The highest BCUT2D eigenvalue weighted by Crippen LogP contribution is 2.43. The van der Waals surface area contributed by atoms with Crippen molar-refractivity contribution in [2.45, 2.75) is 25.2 Å². The number of allylic oxidation sites excluding steroid dienone is 1. The van der Waals surface area contributed by atoms with Crippen LogP contribution in [0.2, 0.25) is 0 Å². The molecule has 27 heavy (non-hydrogen) atoms. The number of aliphatic hydroxyl groups is 1. The molecule has 0 spiro atoms. The van der Waals surface area contributed by atoms with Crippen LogP contribution in [0.5, 0.6) is 0 Å². The molecule has 144 valence electrons. The first kappa shape index (κ1) is 19.1. The number of furan rings is 1. The largest absolute Gasteiger partial charge is 0.465 e. The Balaban J connectivity index is 1.92. The maximum absolute atomic E-state index is 13.5. The molecule has 0 bridgehead atoms. The molecule has 1 N–H and O–H groups in total. The van der Waals surface area contributed by atoms with Crippen LogP contribution in [0.15, 0.2) is 39.4 Å². The van der Waals surface area contributed by atoms with Gasteiger partial charge >= 0.3 is 12.1 Å². The zero-order chi connectivity index (χ0) is 19.7.